The molecule has 0 aliphatic carbocycles. The summed E-state index contributed by atoms with van der Waals surface area (Å²) in [7, 11) is 0. The van der Waals surface area contributed by atoms with Crippen molar-refractivity contribution in [3.8, 4) is 0 Å². The molecular formula is C14H17Cl2N3OS. The number of aromatic nitrogens is 2. The lowest BCUT2D eigenvalue weighted by molar-refractivity contribution is 0.0950. The number of hydrogen-bond donors (Lipinski definition) is 1. The van der Waals surface area contributed by atoms with Gasteiger partial charge in [-0.25, -0.2) is 0 Å². The minimum absolute atomic E-state index is 0.211. The van der Waals surface area contributed by atoms with Crippen molar-refractivity contribution >= 4 is 40.4 Å². The fraction of sp³-hybridized carbons (Fsp3) is 0.429. The minimum atomic E-state index is -0.211. The largest absolute Gasteiger partial charge is 0.347 e. The number of nitrogens with one attached hydrogen (secondary N) is 1. The highest BCUT2D eigenvalue weighted by atomic mass is 35.5. The number of halogens is 2. The lowest BCUT2D eigenvalue weighted by Gasteiger charge is -2.06. The van der Waals surface area contributed by atoms with Crippen molar-refractivity contribution < 1.29 is 4.79 Å². The van der Waals surface area contributed by atoms with Crippen LogP contribution >= 0.6 is 34.5 Å². The Bertz CT molecular complexity index is 649. The molecule has 21 heavy (non-hydrogen) atoms. The second kappa shape index (κ2) is 6.81. The number of carbonyl (C=O) groups is 1. The van der Waals surface area contributed by atoms with E-state index in [0.717, 1.165) is 4.88 Å². The lowest BCUT2D eigenvalue weighted by atomic mass is 10.2. The summed E-state index contributed by atoms with van der Waals surface area (Å²) in [4.78, 5) is 13.3. The Morgan fingerprint density at radius 3 is 2.71 bits per heavy atom. The molecule has 0 saturated carbocycles. The number of nitrogens with zero attached hydrogens (tertiary/aromatic N) is 2. The lowest BCUT2D eigenvalue weighted by Crippen LogP contribution is -2.23. The van der Waals surface area contributed by atoms with Gasteiger partial charge in [0.1, 0.15) is 5.15 Å². The Morgan fingerprint density at radius 2 is 2.14 bits per heavy atom. The van der Waals surface area contributed by atoms with Crippen LogP contribution in [0.3, 0.4) is 0 Å². The number of rotatable bonds is 5. The van der Waals surface area contributed by atoms with Crippen LogP contribution in [-0.2, 0) is 13.1 Å². The molecule has 2 rings (SSSR count). The predicted octanol–water partition coefficient (Wildman–Crippen LogP) is 4.15. The summed E-state index contributed by atoms with van der Waals surface area (Å²) < 4.78 is 2.39. The molecule has 0 aliphatic rings. The number of carbonyl (C=O) groups excluding carboxylic acids is 1. The van der Waals surface area contributed by atoms with Gasteiger partial charge in [0.2, 0.25) is 0 Å². The highest BCUT2D eigenvalue weighted by Gasteiger charge is 2.20. The molecule has 0 radical (unpaired) electrons. The molecule has 4 nitrogen and oxygen atoms in total. The van der Waals surface area contributed by atoms with Crippen LogP contribution in [-0.4, -0.2) is 15.7 Å². The van der Waals surface area contributed by atoms with Gasteiger partial charge >= 0.3 is 0 Å². The van der Waals surface area contributed by atoms with Crippen molar-refractivity contribution in [3.05, 3.63) is 37.8 Å². The SMILES string of the molecule is Cc1nn(CC(C)C)c(Cl)c1C(=O)NCc1ccc(Cl)s1. The van der Waals surface area contributed by atoms with E-state index in [4.69, 9.17) is 23.2 Å². The second-order valence-corrected chi connectivity index (χ2v) is 7.37. The molecule has 2 aromatic heterocycles. The molecule has 2 heterocycles. The molecule has 0 atom stereocenters. The molecule has 0 aromatic carbocycles. The maximum Gasteiger partial charge on any atom is 0.256 e. The highest BCUT2D eigenvalue weighted by Crippen LogP contribution is 2.23. The standard InChI is InChI=1S/C14H17Cl2N3OS/c1-8(2)7-19-13(16)12(9(3)18-19)14(20)17-6-10-4-5-11(15)21-10/h4-5,8H,6-7H2,1-3H3,(H,17,20). The third-order valence-corrected chi connectivity index (χ3v) is 4.50. The third-order valence-electron chi connectivity index (χ3n) is 2.88. The first kappa shape index (κ1) is 16.3. The van der Waals surface area contributed by atoms with Crippen LogP contribution in [0.1, 0.15) is 34.8 Å². The molecule has 0 aliphatic heterocycles. The fourth-order valence-corrected chi connectivity index (χ4v) is 3.34. The topological polar surface area (TPSA) is 46.9 Å². The number of hydrogen-bond acceptors (Lipinski definition) is 3. The van der Waals surface area contributed by atoms with E-state index in [1.54, 1.807) is 11.6 Å². The van der Waals surface area contributed by atoms with Gasteiger partial charge in [0.25, 0.3) is 5.91 Å². The molecule has 0 unspecified atom stereocenters. The van der Waals surface area contributed by atoms with Crippen molar-refractivity contribution in [2.75, 3.05) is 0 Å². The number of thiophene rings is 1. The summed E-state index contributed by atoms with van der Waals surface area (Å²) >= 11 is 13.6. The van der Waals surface area contributed by atoms with Gasteiger partial charge in [-0.1, -0.05) is 37.0 Å². The van der Waals surface area contributed by atoms with Gasteiger partial charge in [0.05, 0.1) is 22.1 Å². The van der Waals surface area contributed by atoms with Crippen LogP contribution in [0.4, 0.5) is 0 Å². The smallest absolute Gasteiger partial charge is 0.256 e. The van der Waals surface area contributed by atoms with E-state index in [2.05, 4.69) is 24.3 Å². The first-order chi connectivity index (χ1) is 9.88. The Kier molecular flexibility index (Phi) is 5.30. The van der Waals surface area contributed by atoms with Crippen molar-refractivity contribution in [2.45, 2.75) is 33.9 Å². The normalized spacial score (nSPS) is 11.1. The summed E-state index contributed by atoms with van der Waals surface area (Å²) in [6.07, 6.45) is 0. The first-order valence-corrected chi connectivity index (χ1v) is 8.21. The van der Waals surface area contributed by atoms with E-state index in [-0.39, 0.29) is 5.91 Å². The van der Waals surface area contributed by atoms with E-state index in [1.807, 2.05) is 12.1 Å². The van der Waals surface area contributed by atoms with E-state index in [9.17, 15) is 4.79 Å². The zero-order valence-corrected chi connectivity index (χ0v) is 14.4. The quantitative estimate of drug-likeness (QED) is 0.884. The monoisotopic (exact) mass is 345 g/mol. The van der Waals surface area contributed by atoms with Crippen LogP contribution in [0.5, 0.6) is 0 Å². The van der Waals surface area contributed by atoms with Crippen LogP contribution < -0.4 is 5.32 Å². The summed E-state index contributed by atoms with van der Waals surface area (Å²) in [5.74, 6) is 0.197. The molecule has 0 saturated heterocycles. The zero-order chi connectivity index (χ0) is 15.6. The van der Waals surface area contributed by atoms with Gasteiger partial charge in [-0.3, -0.25) is 9.48 Å². The highest BCUT2D eigenvalue weighted by molar-refractivity contribution is 7.16. The van der Waals surface area contributed by atoms with Gasteiger partial charge < -0.3 is 5.32 Å². The average molecular weight is 346 g/mol. The molecule has 0 fully saturated rings. The van der Waals surface area contributed by atoms with Gasteiger partial charge in [-0.05, 0) is 25.0 Å². The second-order valence-electron chi connectivity index (χ2n) is 5.22. The van der Waals surface area contributed by atoms with Crippen LogP contribution in [0.25, 0.3) is 0 Å². The average Bonchev–Trinajstić information content (AvgIpc) is 2.91. The molecule has 2 aromatic rings. The third kappa shape index (κ3) is 3.99. The van der Waals surface area contributed by atoms with Crippen LogP contribution in [0.15, 0.2) is 12.1 Å². The predicted molar refractivity (Wildman–Crippen MR) is 87.3 cm³/mol. The van der Waals surface area contributed by atoms with E-state index in [1.165, 1.54) is 11.3 Å². The Balaban J connectivity index is 2.10. The minimum Gasteiger partial charge on any atom is -0.347 e. The molecule has 0 spiro atoms. The Labute approximate surface area is 138 Å². The van der Waals surface area contributed by atoms with Crippen LogP contribution in [0.2, 0.25) is 9.49 Å². The Morgan fingerprint density at radius 1 is 1.43 bits per heavy atom. The molecule has 1 amide bonds. The van der Waals surface area contributed by atoms with Crippen molar-refractivity contribution in [1.29, 1.82) is 0 Å². The summed E-state index contributed by atoms with van der Waals surface area (Å²) in [5, 5.41) is 7.58. The van der Waals surface area contributed by atoms with Crippen molar-refractivity contribution in [1.82, 2.24) is 15.1 Å². The summed E-state index contributed by atoms with van der Waals surface area (Å²) in [5.41, 5.74) is 1.09. The van der Waals surface area contributed by atoms with Crippen molar-refractivity contribution in [3.63, 3.8) is 0 Å². The maximum atomic E-state index is 12.3. The van der Waals surface area contributed by atoms with Gasteiger partial charge in [0, 0.05) is 11.4 Å². The van der Waals surface area contributed by atoms with E-state index >= 15 is 0 Å². The van der Waals surface area contributed by atoms with Gasteiger partial charge in [-0.15, -0.1) is 11.3 Å². The molecule has 7 heteroatoms. The first-order valence-electron chi connectivity index (χ1n) is 6.63. The Hall–Kier alpha value is -1.04. The fourth-order valence-electron chi connectivity index (χ4n) is 1.98. The molecule has 0 bridgehead atoms. The summed E-state index contributed by atoms with van der Waals surface area (Å²) in [6.45, 7) is 7.07. The molecular weight excluding hydrogens is 329 g/mol. The maximum absolute atomic E-state index is 12.3. The number of aryl methyl sites for hydroxylation is 1. The van der Waals surface area contributed by atoms with E-state index in [0.29, 0.717) is 39.8 Å². The zero-order valence-electron chi connectivity index (χ0n) is 12.1. The molecule has 1 N–H and O–H groups in total. The van der Waals surface area contributed by atoms with Crippen LogP contribution in [0, 0.1) is 12.8 Å². The van der Waals surface area contributed by atoms with Gasteiger partial charge in [-0.2, -0.15) is 5.10 Å². The summed E-state index contributed by atoms with van der Waals surface area (Å²) in [6, 6.07) is 3.70. The van der Waals surface area contributed by atoms with Gasteiger partial charge in [0.15, 0.2) is 0 Å². The van der Waals surface area contributed by atoms with E-state index < -0.39 is 0 Å². The molecule has 114 valence electrons. The number of amides is 1. The van der Waals surface area contributed by atoms with Crippen molar-refractivity contribution in [2.24, 2.45) is 5.92 Å².